The predicted octanol–water partition coefficient (Wildman–Crippen LogP) is -6.38. The summed E-state index contributed by atoms with van der Waals surface area (Å²) in [6, 6.07) is 6.66. The van der Waals surface area contributed by atoms with Crippen molar-refractivity contribution in [2.75, 3.05) is 0 Å². The second-order valence-electron chi connectivity index (χ2n) is 2.97. The van der Waals surface area contributed by atoms with E-state index in [2.05, 4.69) is 57.7 Å². The molecule has 0 fully saturated rings. The molecule has 0 saturated heterocycles. The summed E-state index contributed by atoms with van der Waals surface area (Å²) in [4.78, 5) is 0. The molecule has 74 valence electrons. The van der Waals surface area contributed by atoms with Crippen LogP contribution in [0, 0.1) is 6.92 Å². The first kappa shape index (κ1) is 17.5. The number of hydrogen-bond donors (Lipinski definition) is 0. The fourth-order valence-corrected chi connectivity index (χ4v) is 1.99. The van der Waals surface area contributed by atoms with Crippen LogP contribution in [0.15, 0.2) is 24.3 Å². The average molecular weight is 417 g/mol. The molecule has 1 atom stereocenters. The fraction of sp³-hybridized carbons (Fsp3) is 0.200. The Morgan fingerprint density at radius 2 is 1.79 bits per heavy atom. The molecule has 0 spiro atoms. The van der Waals surface area contributed by atoms with Crippen molar-refractivity contribution in [3.63, 3.8) is 0 Å². The second kappa shape index (κ2) is 7.40. The van der Waals surface area contributed by atoms with Crippen molar-refractivity contribution in [1.82, 2.24) is 0 Å². The van der Waals surface area contributed by atoms with Gasteiger partial charge in [0.25, 0.3) is 0 Å². The zero-order chi connectivity index (χ0) is 7.84. The Bertz CT molecular complexity index is 323. The van der Waals surface area contributed by atoms with E-state index in [4.69, 9.17) is 0 Å². The quantitative estimate of drug-likeness (QED) is 0.369. The Kier molecular flexibility index (Phi) is 9.25. The van der Waals surface area contributed by atoms with Crippen molar-refractivity contribution >= 4 is 6.08 Å². The van der Waals surface area contributed by atoms with Crippen LogP contribution in [-0.4, -0.2) is 0 Å². The van der Waals surface area contributed by atoms with Gasteiger partial charge in [-0.25, -0.2) is 0 Å². The van der Waals surface area contributed by atoms with E-state index in [1.807, 2.05) is 0 Å². The molecule has 0 bridgehead atoms. The van der Waals surface area contributed by atoms with Crippen molar-refractivity contribution < 1.29 is 71.4 Å². The van der Waals surface area contributed by atoms with Gasteiger partial charge in [0.1, 0.15) is 0 Å². The third-order valence-corrected chi connectivity index (χ3v) is 2.83. The third-order valence-electron chi connectivity index (χ3n) is 2.05. The van der Waals surface area contributed by atoms with Crippen LogP contribution in [-0.2, 0) is 20.4 Å². The topological polar surface area (TPSA) is 0 Å². The number of hydrogen-bond acceptors (Lipinski definition) is 0. The van der Waals surface area contributed by atoms with Gasteiger partial charge >= 0.3 is 78.6 Å². The van der Waals surface area contributed by atoms with Crippen LogP contribution in [0.2, 0.25) is 0 Å². The molecule has 0 heterocycles. The molecule has 0 N–H and O–H groups in total. The minimum Gasteiger partial charge on any atom is -1.00 e. The van der Waals surface area contributed by atoms with Crippen molar-refractivity contribution in [2.45, 2.75) is 11.1 Å². The largest absolute Gasteiger partial charge is 1.00 e. The van der Waals surface area contributed by atoms with Crippen LogP contribution in [0.1, 0.15) is 20.9 Å². The zero-order valence-corrected chi connectivity index (χ0v) is 13.9. The molecular weight excluding hydrogens is 408 g/mol. The standard InChI is InChI=1S/C10H9.3BrH.Ti/c1-8-5-6-9-3-2-4-10(9)7-8;;;;/h2-7H,1H3;3*1H;/q;;;;+3/p-3. The maximum absolute atomic E-state index is 2.25. The van der Waals surface area contributed by atoms with Crippen LogP contribution < -0.4 is 50.9 Å². The molecule has 4 heteroatoms. The molecule has 0 aromatic heterocycles. The Morgan fingerprint density at radius 3 is 2.43 bits per heavy atom. The number of benzene rings is 1. The normalized spacial score (nSPS) is 16.1. The molecule has 0 saturated carbocycles. The van der Waals surface area contributed by atoms with Crippen molar-refractivity contribution in [2.24, 2.45) is 0 Å². The summed E-state index contributed by atoms with van der Waals surface area (Å²) in [6.07, 6.45) is 4.47. The molecule has 14 heavy (non-hydrogen) atoms. The fourth-order valence-electron chi connectivity index (χ4n) is 1.43. The van der Waals surface area contributed by atoms with Crippen LogP contribution in [0.3, 0.4) is 0 Å². The van der Waals surface area contributed by atoms with Gasteiger partial charge in [-0.2, -0.15) is 0 Å². The Balaban J connectivity index is 0. The van der Waals surface area contributed by atoms with Gasteiger partial charge in [-0.15, -0.1) is 0 Å². The first-order valence-corrected chi connectivity index (χ1v) is 4.67. The summed E-state index contributed by atoms with van der Waals surface area (Å²) in [7, 11) is 0. The van der Waals surface area contributed by atoms with E-state index in [1.54, 1.807) is 0 Å². The summed E-state index contributed by atoms with van der Waals surface area (Å²) in [5, 5.41) is 0. The number of allylic oxidation sites excluding steroid dienone is 1. The van der Waals surface area contributed by atoms with E-state index in [-0.39, 0.29) is 50.9 Å². The molecular formula is C10H9Br3Ti. The van der Waals surface area contributed by atoms with Gasteiger partial charge in [0, 0.05) is 0 Å². The van der Waals surface area contributed by atoms with Gasteiger partial charge in [0.15, 0.2) is 0 Å². The van der Waals surface area contributed by atoms with E-state index >= 15 is 0 Å². The van der Waals surface area contributed by atoms with Crippen LogP contribution in [0.4, 0.5) is 0 Å². The summed E-state index contributed by atoms with van der Waals surface area (Å²) in [5.74, 6) is 0. The molecule has 1 unspecified atom stereocenters. The van der Waals surface area contributed by atoms with Gasteiger partial charge < -0.3 is 50.9 Å². The molecule has 2 rings (SSSR count). The molecule has 0 amide bonds. The van der Waals surface area contributed by atoms with Gasteiger partial charge in [-0.05, 0) is 0 Å². The number of fused-ring (bicyclic) bond motifs is 1. The minimum absolute atomic E-state index is 0. The van der Waals surface area contributed by atoms with Gasteiger partial charge in [0.2, 0.25) is 0 Å². The molecule has 0 radical (unpaired) electrons. The maximum Gasteiger partial charge on any atom is -1.00 e. The molecule has 1 aromatic rings. The van der Waals surface area contributed by atoms with E-state index < -0.39 is 0 Å². The van der Waals surface area contributed by atoms with Crippen LogP contribution in [0.25, 0.3) is 6.08 Å². The molecule has 1 aliphatic carbocycles. The maximum atomic E-state index is 2.25. The van der Waals surface area contributed by atoms with E-state index in [1.165, 1.54) is 16.7 Å². The van der Waals surface area contributed by atoms with Crippen LogP contribution in [0.5, 0.6) is 0 Å². The number of rotatable bonds is 0. The average Bonchev–Trinajstić information content (AvgIpc) is 2.32. The summed E-state index contributed by atoms with van der Waals surface area (Å²) in [6.45, 7) is 2.14. The minimum atomic E-state index is 0. The van der Waals surface area contributed by atoms with Gasteiger partial charge in [-0.1, -0.05) is 0 Å². The van der Waals surface area contributed by atoms with Crippen LogP contribution >= 0.6 is 0 Å². The molecule has 0 aliphatic heterocycles. The predicted molar refractivity (Wildman–Crippen MR) is 43.0 cm³/mol. The summed E-state index contributed by atoms with van der Waals surface area (Å²) < 4.78 is 0.616. The number of halogens is 3. The van der Waals surface area contributed by atoms with Gasteiger partial charge in [0.05, 0.1) is 0 Å². The first-order chi connectivity index (χ1) is 5.27. The zero-order valence-electron chi connectivity index (χ0n) is 7.60. The van der Waals surface area contributed by atoms with E-state index in [9.17, 15) is 0 Å². The third kappa shape index (κ3) is 3.60. The SMILES string of the molecule is Cc1ccc2c(c1)C=C[CH]2[Ti+3].[Br-].[Br-].[Br-]. The molecule has 1 aliphatic rings. The first-order valence-electron chi connectivity index (χ1n) is 3.77. The monoisotopic (exact) mass is 414 g/mol. The summed E-state index contributed by atoms with van der Waals surface area (Å²) >= 11 is 2.23. The Hall–Kier alpha value is 1.11. The van der Waals surface area contributed by atoms with E-state index in [0.717, 1.165) is 0 Å². The Morgan fingerprint density at radius 1 is 1.14 bits per heavy atom. The van der Waals surface area contributed by atoms with Crippen molar-refractivity contribution in [3.8, 4) is 0 Å². The Labute approximate surface area is 128 Å². The van der Waals surface area contributed by atoms with Gasteiger partial charge in [-0.3, -0.25) is 0 Å². The number of aryl methyl sites for hydroxylation is 1. The second-order valence-corrected chi connectivity index (χ2v) is 3.94. The smallest absolute Gasteiger partial charge is 1.00 e. The molecule has 0 nitrogen and oxygen atoms in total. The van der Waals surface area contributed by atoms with E-state index in [0.29, 0.717) is 4.22 Å². The van der Waals surface area contributed by atoms with Crippen molar-refractivity contribution in [3.05, 3.63) is 41.0 Å². The molecule has 1 aromatic carbocycles. The summed E-state index contributed by atoms with van der Waals surface area (Å²) in [5.41, 5.74) is 4.22. The van der Waals surface area contributed by atoms with Crippen molar-refractivity contribution in [1.29, 1.82) is 0 Å².